The van der Waals surface area contributed by atoms with Crippen LogP contribution in [0.4, 0.5) is 0 Å². The maximum Gasteiger partial charge on any atom is 0.466 e. The van der Waals surface area contributed by atoms with Crippen LogP contribution in [0.15, 0.2) is 0 Å². The zero-order valence-corrected chi connectivity index (χ0v) is 34.0. The molecule has 0 unspecified atom stereocenters. The van der Waals surface area contributed by atoms with Crippen LogP contribution in [0.2, 0.25) is 0 Å². The van der Waals surface area contributed by atoms with Gasteiger partial charge < -0.3 is 161 Å². The van der Waals surface area contributed by atoms with E-state index in [9.17, 15) is 0 Å². The van der Waals surface area contributed by atoms with Crippen LogP contribution < -0.4 is 0 Å². The van der Waals surface area contributed by atoms with Crippen molar-refractivity contribution in [2.24, 2.45) is 0 Å². The van der Waals surface area contributed by atoms with E-state index < -0.39 is 86.0 Å². The molecule has 376 valence electrons. The summed E-state index contributed by atoms with van der Waals surface area (Å²) in [5.74, 6) is 0. The number of rotatable bonds is 0. The van der Waals surface area contributed by atoms with Crippen molar-refractivity contribution >= 4 is 224 Å². The Morgan fingerprint density at radius 2 is 0.115 bits per heavy atom. The molecule has 0 aliphatic carbocycles. The van der Waals surface area contributed by atoms with E-state index in [1.165, 1.54) is 0 Å². The van der Waals surface area contributed by atoms with Gasteiger partial charge in [0.25, 0.3) is 0 Å². The van der Waals surface area contributed by atoms with Crippen molar-refractivity contribution < 1.29 is 212 Å². The van der Waals surface area contributed by atoms with Gasteiger partial charge in [0.05, 0.1) is 0 Å². The van der Waals surface area contributed by atoms with E-state index in [0.29, 0.717) is 0 Å². The second-order valence-electron chi connectivity index (χ2n) is 5.65. The van der Waals surface area contributed by atoms with E-state index >= 15 is 0 Å². The van der Waals surface area contributed by atoms with Gasteiger partial charge in [0.1, 0.15) is 0 Å². The summed E-state index contributed by atoms with van der Waals surface area (Å²) in [4.78, 5) is 237. The Balaban J connectivity index is -0.0000000230. The molecule has 0 aromatic heterocycles. The van der Waals surface area contributed by atoms with Crippen LogP contribution in [0, 0.1) is 0 Å². The molecule has 0 amide bonds. The SMILES string of the molecule is O=P(O)(O)O.O=P(O)(O)O.O=P(O)(O)O.O=P(O)(O)O.O=P(O)(O)O.O=P(O)(O)O.O=P(O)(O)O.O=P(O)(O)O.O=P(O)(O)O.O=P(O)(O)O.O=P(O)(O)O.[MgH2].[MgH2].[MgH2].[MgH2].[MgH2].[MgH2]. The summed E-state index contributed by atoms with van der Waals surface area (Å²) in [5.41, 5.74) is 0. The van der Waals surface area contributed by atoms with Gasteiger partial charge in [0, 0.05) is 0 Å². The Morgan fingerprint density at radius 3 is 0.115 bits per heavy atom. The summed E-state index contributed by atoms with van der Waals surface area (Å²) in [5, 5.41) is 0. The molecule has 0 aliphatic heterocycles. The van der Waals surface area contributed by atoms with Crippen LogP contribution in [0.3, 0.4) is 0 Å². The average molecular weight is 1240 g/mol. The molecule has 61 heavy (non-hydrogen) atoms. The molecule has 0 fully saturated rings. The summed E-state index contributed by atoms with van der Waals surface area (Å²) >= 11 is 0. The lowest BCUT2D eigenvalue weighted by molar-refractivity contribution is 0.272. The lowest BCUT2D eigenvalue weighted by atomic mass is 15.8. The Labute approximate surface area is 431 Å². The fourth-order valence-corrected chi connectivity index (χ4v) is 0. The van der Waals surface area contributed by atoms with Crippen molar-refractivity contribution in [3.63, 3.8) is 0 Å². The standard InChI is InChI=1S/6Mg.11H3O4P.12H/c;;;;;;11*1-5(2,3)4;;;;;;;;;;;;/h;;;;;;11*(H3,1,2,3,4);;;;;;;;;;;;. The summed E-state index contributed by atoms with van der Waals surface area (Å²) in [7, 11) is -51.0. The highest BCUT2D eigenvalue weighted by molar-refractivity contribution is 7.47. The molecule has 0 saturated carbocycles. The van der Waals surface area contributed by atoms with Gasteiger partial charge in [-0.3, -0.25) is 0 Å². The monoisotopic (exact) mass is 1230 g/mol. The molecular weight excluding hydrogens is 1190 g/mol. The number of hydrogen-bond acceptors (Lipinski definition) is 11. The second kappa shape index (κ2) is 53.6. The third-order valence-electron chi connectivity index (χ3n) is 0. The smallest absolute Gasteiger partial charge is 0.303 e. The highest BCUT2D eigenvalue weighted by Crippen LogP contribution is 2.29. The van der Waals surface area contributed by atoms with E-state index in [4.69, 9.17) is 212 Å². The minimum Gasteiger partial charge on any atom is -0.303 e. The maximum absolute atomic E-state index is 8.88. The zero-order chi connectivity index (χ0) is 49.5. The highest BCUT2D eigenvalue weighted by atomic mass is 31.2. The van der Waals surface area contributed by atoms with Gasteiger partial charge in [-0.15, -0.1) is 0 Å². The number of hydrogen-bond donors (Lipinski definition) is 33. The summed E-state index contributed by atoms with van der Waals surface area (Å²) in [6, 6.07) is 0. The third kappa shape index (κ3) is 7940. The first-order valence-electron chi connectivity index (χ1n) is 8.61. The quantitative estimate of drug-likeness (QED) is 0.0791. The van der Waals surface area contributed by atoms with Crippen molar-refractivity contribution in [2.75, 3.05) is 0 Å². The van der Waals surface area contributed by atoms with Gasteiger partial charge in [0.2, 0.25) is 0 Å². The molecule has 0 rings (SSSR count). The van der Waals surface area contributed by atoms with Crippen molar-refractivity contribution in [1.29, 1.82) is 0 Å². The fraction of sp³-hybridized carbons (Fsp3) is 0. The summed E-state index contributed by atoms with van der Waals surface area (Å²) in [6.07, 6.45) is 0. The van der Waals surface area contributed by atoms with Crippen LogP contribution >= 0.6 is 86.0 Å². The molecule has 61 heteroatoms. The zero-order valence-electron chi connectivity index (χ0n) is 24.2. The van der Waals surface area contributed by atoms with Crippen LogP contribution in [-0.4, -0.2) is 300 Å². The van der Waals surface area contributed by atoms with E-state index in [0.717, 1.165) is 0 Å². The van der Waals surface area contributed by atoms with Crippen LogP contribution in [0.1, 0.15) is 0 Å². The highest BCUT2D eigenvalue weighted by Gasteiger charge is 2.04. The van der Waals surface area contributed by atoms with Crippen molar-refractivity contribution in [3.8, 4) is 0 Å². The number of phosphoric acid groups is 11. The Kier molecular flexibility index (Phi) is 102. The molecule has 0 bridgehead atoms. The van der Waals surface area contributed by atoms with E-state index in [1.54, 1.807) is 0 Å². The lowest BCUT2D eigenvalue weighted by Crippen LogP contribution is -1.66. The van der Waals surface area contributed by atoms with Gasteiger partial charge in [-0.25, -0.2) is 50.2 Å². The minimum atomic E-state index is -4.64. The van der Waals surface area contributed by atoms with Crippen molar-refractivity contribution in [3.05, 3.63) is 0 Å². The van der Waals surface area contributed by atoms with Gasteiger partial charge in [-0.05, 0) is 0 Å². The van der Waals surface area contributed by atoms with Gasteiger partial charge in [-0.2, -0.15) is 0 Å². The van der Waals surface area contributed by atoms with Crippen LogP contribution in [0.25, 0.3) is 0 Å². The summed E-state index contributed by atoms with van der Waals surface area (Å²) in [6.45, 7) is 0. The van der Waals surface area contributed by atoms with E-state index in [2.05, 4.69) is 0 Å². The van der Waals surface area contributed by atoms with Gasteiger partial charge in [-0.1, -0.05) is 0 Å². The maximum atomic E-state index is 8.88. The molecule has 0 aromatic carbocycles. The largest absolute Gasteiger partial charge is 0.466 e. The first-order valence-corrected chi connectivity index (χ1v) is 25.8. The molecule has 0 radical (unpaired) electrons. The third-order valence-corrected chi connectivity index (χ3v) is 0. The Bertz CT molecular complexity index is 956. The first kappa shape index (κ1) is 117. The second-order valence-corrected chi connectivity index (χ2v) is 16.9. The molecule has 0 atom stereocenters. The first-order chi connectivity index (χ1) is 22.0. The molecule has 44 nitrogen and oxygen atoms in total. The Hall–Kier alpha value is 5.81. The van der Waals surface area contributed by atoms with Crippen molar-refractivity contribution in [2.45, 2.75) is 0 Å². The molecule has 0 saturated heterocycles. The van der Waals surface area contributed by atoms with E-state index in [-0.39, 0.29) is 138 Å². The molecule has 0 heterocycles. The molecule has 0 aromatic rings. The van der Waals surface area contributed by atoms with Gasteiger partial charge in [0.15, 0.2) is 0 Å². The topological polar surface area (TPSA) is 855 Å². The van der Waals surface area contributed by atoms with Crippen molar-refractivity contribution in [1.82, 2.24) is 0 Å². The average Bonchev–Trinajstić information content (AvgIpc) is 2.41. The van der Waals surface area contributed by atoms with Gasteiger partial charge >= 0.3 is 224 Å². The Morgan fingerprint density at radius 1 is 0.115 bits per heavy atom. The minimum absolute atomic E-state index is 0. The fourth-order valence-electron chi connectivity index (χ4n) is 0. The van der Waals surface area contributed by atoms with Crippen LogP contribution in [-0.2, 0) is 50.2 Å². The van der Waals surface area contributed by atoms with E-state index in [1.807, 2.05) is 0 Å². The summed E-state index contributed by atoms with van der Waals surface area (Å²) < 4.78 is 97.7. The predicted molar refractivity (Wildman–Crippen MR) is 208 cm³/mol. The van der Waals surface area contributed by atoms with Crippen LogP contribution in [0.5, 0.6) is 0 Å². The normalized spacial score (nSPS) is 10.6. The molecule has 0 aliphatic rings. The lowest BCUT2D eigenvalue weighted by Gasteiger charge is -1.82. The molecule has 33 N–H and O–H groups in total. The molecule has 0 spiro atoms. The predicted octanol–water partition coefficient (Wildman–Crippen LogP) is -15.7. The molecular formula is H45Mg6O44P11.